The van der Waals surface area contributed by atoms with E-state index in [0.717, 1.165) is 0 Å². The van der Waals surface area contributed by atoms with Crippen molar-refractivity contribution >= 4 is 5.97 Å². The van der Waals surface area contributed by atoms with Crippen LogP contribution in [0.25, 0.3) is 0 Å². The van der Waals surface area contributed by atoms with Crippen LogP contribution in [0.4, 0.5) is 0 Å². The summed E-state index contributed by atoms with van der Waals surface area (Å²) in [5.41, 5.74) is -0.847. The lowest BCUT2D eigenvalue weighted by molar-refractivity contribution is -0.378. The number of hydrogen-bond acceptors (Lipinski definition) is 12. The molecule has 13 heteroatoms. The van der Waals surface area contributed by atoms with Crippen LogP contribution in [0.2, 0.25) is 0 Å². The first-order chi connectivity index (χ1) is 17.2. The molecule has 0 bridgehead atoms. The molecule has 36 heavy (non-hydrogen) atoms. The minimum absolute atomic E-state index is 0.0207. The number of epoxide rings is 1. The molecule has 0 radical (unpaired) electrons. The average Bonchev–Trinajstić information content (AvgIpc) is 3.52. The van der Waals surface area contributed by atoms with E-state index in [0.29, 0.717) is 5.56 Å². The van der Waals surface area contributed by atoms with Gasteiger partial charge in [0.2, 0.25) is 0 Å². The monoisotopic (exact) mass is 514 g/mol. The first kappa shape index (κ1) is 25.7. The molecule has 13 nitrogen and oxygen atoms in total. The van der Waals surface area contributed by atoms with Gasteiger partial charge in [-0.05, 0) is 29.7 Å². The second-order valence-electron chi connectivity index (χ2n) is 9.68. The molecule has 1 aromatic carbocycles. The number of hydrogen-bond donors (Lipinski definition) is 7. The van der Waals surface area contributed by atoms with Gasteiger partial charge in [0.15, 0.2) is 18.9 Å². The molecule has 1 aliphatic carbocycles. The molecular formula is C23H30O13. The van der Waals surface area contributed by atoms with Gasteiger partial charge in [0, 0.05) is 25.4 Å². The van der Waals surface area contributed by atoms with Crippen LogP contribution < -0.4 is 0 Å². The summed E-state index contributed by atoms with van der Waals surface area (Å²) in [6.45, 7) is -1.08. The molecule has 7 N–H and O–H groups in total. The molecule has 0 aromatic heterocycles. The fraction of sp³-hybridized carbons (Fsp3) is 0.696. The molecule has 4 aliphatic rings. The molecule has 3 heterocycles. The van der Waals surface area contributed by atoms with Gasteiger partial charge in [-0.15, -0.1) is 0 Å². The van der Waals surface area contributed by atoms with Crippen molar-refractivity contribution in [2.45, 2.75) is 67.3 Å². The van der Waals surface area contributed by atoms with Crippen molar-refractivity contribution in [1.82, 2.24) is 0 Å². The summed E-state index contributed by atoms with van der Waals surface area (Å²) >= 11 is 0. The molecule has 200 valence electrons. The highest BCUT2D eigenvalue weighted by Crippen LogP contribution is 2.67. The summed E-state index contributed by atoms with van der Waals surface area (Å²) in [6, 6.07) is 3.95. The van der Waals surface area contributed by atoms with E-state index in [-0.39, 0.29) is 17.7 Å². The zero-order chi connectivity index (χ0) is 25.9. The van der Waals surface area contributed by atoms with Crippen LogP contribution in [0, 0.1) is 11.8 Å². The van der Waals surface area contributed by atoms with Crippen LogP contribution >= 0.6 is 0 Å². The van der Waals surface area contributed by atoms with Crippen LogP contribution in [0.15, 0.2) is 18.2 Å². The fourth-order valence-corrected chi connectivity index (χ4v) is 6.12. The predicted molar refractivity (Wildman–Crippen MR) is 115 cm³/mol. The van der Waals surface area contributed by atoms with Crippen molar-refractivity contribution in [1.29, 1.82) is 0 Å². The highest BCUT2D eigenvalue weighted by atomic mass is 16.8. The van der Waals surface area contributed by atoms with Crippen LogP contribution in [0.3, 0.4) is 0 Å². The van der Waals surface area contributed by atoms with E-state index in [4.69, 9.17) is 23.7 Å². The minimum Gasteiger partial charge on any atom is -0.508 e. The number of fused-ring (bicyclic) bond motifs is 3. The van der Waals surface area contributed by atoms with Gasteiger partial charge in [0.05, 0.1) is 24.9 Å². The molecule has 3 aliphatic heterocycles. The van der Waals surface area contributed by atoms with E-state index in [2.05, 4.69) is 0 Å². The highest BCUT2D eigenvalue weighted by Gasteiger charge is 2.77. The number of aliphatic hydroxyl groups excluding tert-OH is 5. The van der Waals surface area contributed by atoms with Crippen molar-refractivity contribution in [3.8, 4) is 5.75 Å². The Hall–Kier alpha value is -1.91. The van der Waals surface area contributed by atoms with E-state index in [1.165, 1.54) is 25.3 Å². The Bertz CT molecular complexity index is 987. The first-order valence-corrected chi connectivity index (χ1v) is 11.7. The maximum Gasteiger partial charge on any atom is 0.335 e. The van der Waals surface area contributed by atoms with Gasteiger partial charge in [0.25, 0.3) is 0 Å². The van der Waals surface area contributed by atoms with Crippen LogP contribution in [0.5, 0.6) is 5.75 Å². The smallest absolute Gasteiger partial charge is 0.335 e. The van der Waals surface area contributed by atoms with Crippen molar-refractivity contribution in [2.24, 2.45) is 11.8 Å². The Balaban J connectivity index is 1.50. The minimum atomic E-state index is -1.68. The fourth-order valence-electron chi connectivity index (χ4n) is 6.12. The largest absolute Gasteiger partial charge is 0.508 e. The van der Waals surface area contributed by atoms with E-state index in [1.807, 2.05) is 0 Å². The number of methoxy groups -OCH3 is 1. The Kier molecular flexibility index (Phi) is 6.74. The lowest BCUT2D eigenvalue weighted by atomic mass is 9.77. The maximum atomic E-state index is 12.0. The normalized spacial score (nSPS) is 45.7. The number of aromatic hydroxyl groups is 1. The number of carboxylic acid groups (broad SMARTS) is 1. The third-order valence-corrected chi connectivity index (χ3v) is 7.88. The molecule has 0 spiro atoms. The number of carboxylic acids is 1. The quantitative estimate of drug-likeness (QED) is 0.198. The number of aromatic carboxylic acids is 1. The van der Waals surface area contributed by atoms with Crippen molar-refractivity contribution in [3.05, 3.63) is 29.3 Å². The third-order valence-electron chi connectivity index (χ3n) is 7.88. The first-order valence-electron chi connectivity index (χ1n) is 11.7. The Morgan fingerprint density at radius 1 is 1.11 bits per heavy atom. The molecular weight excluding hydrogens is 484 g/mol. The van der Waals surface area contributed by atoms with Gasteiger partial charge < -0.3 is 59.4 Å². The van der Waals surface area contributed by atoms with Gasteiger partial charge in [-0.3, -0.25) is 0 Å². The summed E-state index contributed by atoms with van der Waals surface area (Å²) < 4.78 is 28.7. The third kappa shape index (κ3) is 3.91. The molecule has 0 amide bonds. The van der Waals surface area contributed by atoms with E-state index in [9.17, 15) is 40.5 Å². The number of phenols is 1. The van der Waals surface area contributed by atoms with Gasteiger partial charge in [0.1, 0.15) is 35.8 Å². The van der Waals surface area contributed by atoms with Gasteiger partial charge in [-0.2, -0.15) is 0 Å². The lowest BCUT2D eigenvalue weighted by Crippen LogP contribution is -2.61. The average molecular weight is 514 g/mol. The number of carbonyl (C=O) groups is 1. The lowest BCUT2D eigenvalue weighted by Gasteiger charge is -2.46. The SMILES string of the molecule is CO[C@@H]1C[C@@H]2[C@@H](c3cc(O)ccc3C(=O)O)[C@@H]3O[C@]3(CO)[C@H]2[C@H](O[C@@H]2O[C@H](CO)[C@@H](O)[C@H](O)[C@H]2O)O1. The number of rotatable bonds is 7. The zero-order valence-electron chi connectivity index (χ0n) is 19.3. The Morgan fingerprint density at radius 3 is 2.50 bits per heavy atom. The van der Waals surface area contributed by atoms with Gasteiger partial charge >= 0.3 is 5.97 Å². The summed E-state index contributed by atoms with van der Waals surface area (Å²) in [5, 5.41) is 70.4. The summed E-state index contributed by atoms with van der Waals surface area (Å²) in [7, 11) is 1.41. The summed E-state index contributed by atoms with van der Waals surface area (Å²) in [6.07, 6.45) is -9.99. The second kappa shape index (κ2) is 9.44. The second-order valence-corrected chi connectivity index (χ2v) is 9.68. The van der Waals surface area contributed by atoms with Crippen molar-refractivity contribution in [2.75, 3.05) is 20.3 Å². The number of ether oxygens (including phenoxy) is 5. The summed E-state index contributed by atoms with van der Waals surface area (Å²) in [5.74, 6) is -2.96. The topological polar surface area (TPSA) is 208 Å². The van der Waals surface area contributed by atoms with Crippen molar-refractivity contribution in [3.63, 3.8) is 0 Å². The molecule has 3 saturated heterocycles. The Labute approximate surface area is 205 Å². The Morgan fingerprint density at radius 2 is 1.86 bits per heavy atom. The summed E-state index contributed by atoms with van der Waals surface area (Å²) in [4.78, 5) is 12.0. The van der Waals surface area contributed by atoms with E-state index in [1.54, 1.807) is 0 Å². The highest BCUT2D eigenvalue weighted by molar-refractivity contribution is 5.90. The van der Waals surface area contributed by atoms with Crippen LogP contribution in [-0.4, -0.2) is 117 Å². The molecule has 0 unspecified atom stereocenters. The maximum absolute atomic E-state index is 12.0. The molecule has 12 atom stereocenters. The number of benzene rings is 1. The van der Waals surface area contributed by atoms with Gasteiger partial charge in [-0.1, -0.05) is 0 Å². The molecule has 4 fully saturated rings. The van der Waals surface area contributed by atoms with E-state index < -0.39 is 91.9 Å². The van der Waals surface area contributed by atoms with Crippen molar-refractivity contribution < 1.29 is 64.2 Å². The van der Waals surface area contributed by atoms with Crippen LogP contribution in [0.1, 0.15) is 28.3 Å². The number of aliphatic hydroxyl groups is 5. The standard InChI is InChI=1S/C23H30O13/c1-32-13-5-11-14(10-4-8(26)2-3-9(10)20(30)31)19-23(7-25,36-19)15(11)21(34-13)35-22-18(29)17(28)16(27)12(6-24)33-22/h2-4,11-19,21-22,24-29H,5-7H2,1H3,(H,30,31)/t11-,12-,13+,14-,15-,16-,17+,18-,19+,21+,22+,23-/m1/s1. The molecule has 5 rings (SSSR count). The van der Waals surface area contributed by atoms with Gasteiger partial charge in [-0.25, -0.2) is 4.79 Å². The molecule has 1 saturated carbocycles. The van der Waals surface area contributed by atoms with Crippen LogP contribution in [-0.2, 0) is 23.7 Å². The predicted octanol–water partition coefficient (Wildman–Crippen LogP) is -1.91. The number of phenolic OH excluding ortho intramolecular Hbond substituents is 1. The zero-order valence-corrected chi connectivity index (χ0v) is 19.3. The van der Waals surface area contributed by atoms with E-state index >= 15 is 0 Å². The molecule has 1 aromatic rings.